The fourth-order valence-corrected chi connectivity index (χ4v) is 2.87. The third-order valence-electron chi connectivity index (χ3n) is 2.32. The number of benzene rings is 1. The van der Waals surface area contributed by atoms with Gasteiger partial charge >= 0.3 is 5.97 Å². The first kappa shape index (κ1) is 13.7. The van der Waals surface area contributed by atoms with Crippen LogP contribution in [-0.4, -0.2) is 27.1 Å². The lowest BCUT2D eigenvalue weighted by Crippen LogP contribution is -2.32. The second-order valence-electron chi connectivity index (χ2n) is 3.88. The number of carboxylic acid groups (broad SMARTS) is 1. The lowest BCUT2D eigenvalue weighted by Gasteiger charge is -2.09. The first-order valence-electron chi connectivity index (χ1n) is 5.17. The van der Waals surface area contributed by atoms with Crippen LogP contribution in [0.1, 0.15) is 12.0 Å². The quantitative estimate of drug-likeness (QED) is 0.707. The molecule has 1 unspecified atom stereocenters. The highest BCUT2D eigenvalue weighted by Gasteiger charge is 2.15. The number of nitrogens with two attached hydrogens (primary N) is 1. The Kier molecular flexibility index (Phi) is 4.65. The highest BCUT2D eigenvalue weighted by atomic mass is 32.2. The minimum absolute atomic E-state index is 0.00929. The van der Waals surface area contributed by atoms with Crippen LogP contribution in [0.3, 0.4) is 0 Å². The Labute approximate surface area is 101 Å². The van der Waals surface area contributed by atoms with Crippen molar-refractivity contribution in [2.24, 2.45) is 5.73 Å². The number of rotatable bonds is 6. The van der Waals surface area contributed by atoms with Crippen molar-refractivity contribution in [1.29, 1.82) is 4.78 Å². The highest BCUT2D eigenvalue weighted by molar-refractivity contribution is 7.91. The Morgan fingerprint density at radius 2 is 2.00 bits per heavy atom. The van der Waals surface area contributed by atoms with Crippen LogP contribution >= 0.6 is 0 Å². The van der Waals surface area contributed by atoms with E-state index >= 15 is 0 Å². The third-order valence-corrected chi connectivity index (χ3v) is 4.01. The maximum absolute atomic E-state index is 11.9. The second kappa shape index (κ2) is 5.79. The largest absolute Gasteiger partial charge is 0.480 e. The summed E-state index contributed by atoms with van der Waals surface area (Å²) in [7, 11) is -2.81. The van der Waals surface area contributed by atoms with Crippen LogP contribution in [0.5, 0.6) is 0 Å². The lowest BCUT2D eigenvalue weighted by molar-refractivity contribution is -0.138. The topological polar surface area (TPSA) is 104 Å². The summed E-state index contributed by atoms with van der Waals surface area (Å²) in [4.78, 5) is 10.5. The maximum Gasteiger partial charge on any atom is 0.320 e. The number of hydrogen-bond acceptors (Lipinski definition) is 4. The fourth-order valence-electron chi connectivity index (χ4n) is 1.36. The van der Waals surface area contributed by atoms with Crippen molar-refractivity contribution < 1.29 is 14.1 Å². The average molecular weight is 256 g/mol. The molecule has 1 rings (SSSR count). The lowest BCUT2D eigenvalue weighted by atomic mass is 10.2. The van der Waals surface area contributed by atoms with Crippen LogP contribution < -0.4 is 5.73 Å². The molecule has 1 aromatic carbocycles. The van der Waals surface area contributed by atoms with Crippen molar-refractivity contribution in [2.75, 3.05) is 5.75 Å². The minimum Gasteiger partial charge on any atom is -0.480 e. The van der Waals surface area contributed by atoms with E-state index in [9.17, 15) is 9.00 Å². The Hall–Kier alpha value is -1.40. The molecule has 0 heterocycles. The molecule has 17 heavy (non-hydrogen) atoms. The molecule has 0 amide bonds. The maximum atomic E-state index is 11.9. The van der Waals surface area contributed by atoms with Gasteiger partial charge in [0, 0.05) is 15.5 Å². The van der Waals surface area contributed by atoms with Crippen molar-refractivity contribution in [1.82, 2.24) is 0 Å². The molecule has 0 aliphatic rings. The monoisotopic (exact) mass is 256 g/mol. The normalized spacial score (nSPS) is 16.1. The van der Waals surface area contributed by atoms with Gasteiger partial charge in [-0.3, -0.25) is 9.57 Å². The SMILES string of the molecule is N=S(=O)(CC[C@H](N)C(=O)O)Cc1ccccc1. The Morgan fingerprint density at radius 1 is 1.41 bits per heavy atom. The molecule has 0 saturated carbocycles. The van der Waals surface area contributed by atoms with Crippen LogP contribution in [0.4, 0.5) is 0 Å². The predicted molar refractivity (Wildman–Crippen MR) is 66.1 cm³/mol. The summed E-state index contributed by atoms with van der Waals surface area (Å²) in [6.45, 7) is 0. The van der Waals surface area contributed by atoms with E-state index < -0.39 is 21.7 Å². The highest BCUT2D eigenvalue weighted by Crippen LogP contribution is 2.08. The molecule has 0 aromatic heterocycles. The summed E-state index contributed by atoms with van der Waals surface area (Å²) in [5.74, 6) is -0.977. The molecule has 1 aromatic rings. The van der Waals surface area contributed by atoms with Crippen molar-refractivity contribution in [3.8, 4) is 0 Å². The van der Waals surface area contributed by atoms with Crippen molar-refractivity contribution in [2.45, 2.75) is 18.2 Å². The summed E-state index contributed by atoms with van der Waals surface area (Å²) in [6.07, 6.45) is 0.0600. The summed E-state index contributed by atoms with van der Waals surface area (Å²) in [5.41, 5.74) is 6.12. The molecule has 4 N–H and O–H groups in total. The number of hydrogen-bond donors (Lipinski definition) is 3. The molecule has 0 saturated heterocycles. The number of aliphatic carboxylic acids is 1. The summed E-state index contributed by atoms with van der Waals surface area (Å²) in [6, 6.07) is 8.02. The van der Waals surface area contributed by atoms with Crippen molar-refractivity contribution in [3.05, 3.63) is 35.9 Å². The van der Waals surface area contributed by atoms with Gasteiger partial charge in [0.2, 0.25) is 0 Å². The van der Waals surface area contributed by atoms with Gasteiger partial charge in [-0.15, -0.1) is 0 Å². The molecule has 0 fully saturated rings. The van der Waals surface area contributed by atoms with Gasteiger partial charge in [0.05, 0.1) is 5.75 Å². The third kappa shape index (κ3) is 4.97. The average Bonchev–Trinajstić information content (AvgIpc) is 2.26. The Bertz CT molecular complexity index is 471. The van der Waals surface area contributed by atoms with E-state index in [1.807, 2.05) is 18.2 Å². The van der Waals surface area contributed by atoms with E-state index in [2.05, 4.69) is 0 Å². The van der Waals surface area contributed by atoms with Crippen LogP contribution in [-0.2, 0) is 20.3 Å². The van der Waals surface area contributed by atoms with Gasteiger partial charge in [-0.05, 0) is 12.0 Å². The van der Waals surface area contributed by atoms with Crippen LogP contribution in [0.2, 0.25) is 0 Å². The zero-order chi connectivity index (χ0) is 12.9. The van der Waals surface area contributed by atoms with Gasteiger partial charge in [0.1, 0.15) is 6.04 Å². The fraction of sp³-hybridized carbons (Fsp3) is 0.364. The van der Waals surface area contributed by atoms with Gasteiger partial charge in [0.15, 0.2) is 0 Å². The van der Waals surface area contributed by atoms with E-state index in [1.165, 1.54) is 0 Å². The first-order chi connectivity index (χ1) is 7.91. The van der Waals surface area contributed by atoms with E-state index in [0.29, 0.717) is 0 Å². The molecule has 0 aliphatic heterocycles. The number of carbonyl (C=O) groups is 1. The van der Waals surface area contributed by atoms with Gasteiger partial charge in [-0.25, -0.2) is 4.21 Å². The molecule has 5 nitrogen and oxygen atoms in total. The smallest absolute Gasteiger partial charge is 0.320 e. The summed E-state index contributed by atoms with van der Waals surface area (Å²) < 4.78 is 19.6. The van der Waals surface area contributed by atoms with E-state index in [0.717, 1.165) is 5.56 Å². The van der Waals surface area contributed by atoms with Gasteiger partial charge in [-0.2, -0.15) is 0 Å². The molecule has 0 spiro atoms. The molecule has 2 atom stereocenters. The second-order valence-corrected chi connectivity index (χ2v) is 6.20. The van der Waals surface area contributed by atoms with Crippen LogP contribution in [0, 0.1) is 4.78 Å². The molecule has 0 radical (unpaired) electrons. The molecule has 94 valence electrons. The van der Waals surface area contributed by atoms with E-state index in [4.69, 9.17) is 15.6 Å². The number of carboxylic acids is 1. The Morgan fingerprint density at radius 3 is 2.53 bits per heavy atom. The van der Waals surface area contributed by atoms with Crippen molar-refractivity contribution >= 4 is 15.7 Å². The van der Waals surface area contributed by atoms with Crippen LogP contribution in [0.25, 0.3) is 0 Å². The van der Waals surface area contributed by atoms with Gasteiger partial charge < -0.3 is 10.8 Å². The molecule has 0 aliphatic carbocycles. The zero-order valence-corrected chi connectivity index (χ0v) is 10.2. The van der Waals surface area contributed by atoms with E-state index in [1.54, 1.807) is 12.1 Å². The van der Waals surface area contributed by atoms with Gasteiger partial charge in [0.25, 0.3) is 0 Å². The predicted octanol–water partition coefficient (Wildman–Crippen LogP) is 1.04. The molecule has 0 bridgehead atoms. The summed E-state index contributed by atoms with van der Waals surface area (Å²) >= 11 is 0. The zero-order valence-electron chi connectivity index (χ0n) is 9.33. The number of nitrogens with one attached hydrogen (secondary N) is 1. The standard InChI is InChI=1S/C11H16N2O3S/c12-10(11(14)15)6-7-17(13,16)8-9-4-2-1-3-5-9/h1-5,10,13H,6-8,12H2,(H,14,15)/t10-,17?/m0/s1. The summed E-state index contributed by atoms with van der Waals surface area (Å²) in [5, 5.41) is 8.59. The molecular formula is C11H16N2O3S. The first-order valence-corrected chi connectivity index (χ1v) is 7.07. The Balaban J connectivity index is 2.56. The van der Waals surface area contributed by atoms with Crippen LogP contribution in [0.15, 0.2) is 30.3 Å². The molecular weight excluding hydrogens is 240 g/mol. The van der Waals surface area contributed by atoms with Crippen molar-refractivity contribution in [3.63, 3.8) is 0 Å². The van der Waals surface area contributed by atoms with Gasteiger partial charge in [-0.1, -0.05) is 30.3 Å². The molecule has 6 heteroatoms. The minimum atomic E-state index is -2.81. The van der Waals surface area contributed by atoms with E-state index in [-0.39, 0.29) is 17.9 Å².